The highest BCUT2D eigenvalue weighted by molar-refractivity contribution is 6.05. The Labute approximate surface area is 114 Å². The maximum Gasteiger partial charge on any atom is 0.326 e. The fourth-order valence-corrected chi connectivity index (χ4v) is 1.99. The topological polar surface area (TPSA) is 104 Å². The summed E-state index contributed by atoms with van der Waals surface area (Å²) in [5, 5.41) is 24.9. The van der Waals surface area contributed by atoms with Gasteiger partial charge in [0.1, 0.15) is 6.04 Å². The van der Waals surface area contributed by atoms with Crippen LogP contribution in [0.15, 0.2) is 24.3 Å². The lowest BCUT2D eigenvalue weighted by molar-refractivity contribution is -0.139. The molecule has 1 atom stereocenters. The molecule has 0 aliphatic rings. The minimum atomic E-state index is -1.19. The predicted octanol–water partition coefficient (Wildman–Crippen LogP) is 0.139. The lowest BCUT2D eigenvalue weighted by atomic mass is 10.1. The number of nitrogens with zero attached hydrogens (tertiary/aromatic N) is 2. The van der Waals surface area contributed by atoms with Crippen molar-refractivity contribution in [3.63, 3.8) is 0 Å². The van der Waals surface area contributed by atoms with Gasteiger partial charge < -0.3 is 15.5 Å². The van der Waals surface area contributed by atoms with Crippen LogP contribution in [0, 0.1) is 0 Å². The van der Waals surface area contributed by atoms with E-state index in [9.17, 15) is 9.59 Å². The number of aliphatic hydroxyl groups is 1. The Bertz CT molecular complexity index is 650. The lowest BCUT2D eigenvalue weighted by Crippen LogP contribution is -2.41. The van der Waals surface area contributed by atoms with E-state index in [1.165, 1.54) is 0 Å². The van der Waals surface area contributed by atoms with Crippen LogP contribution in [-0.2, 0) is 11.8 Å². The summed E-state index contributed by atoms with van der Waals surface area (Å²) in [5.74, 6) is -1.75. The van der Waals surface area contributed by atoms with Crippen molar-refractivity contribution in [2.75, 3.05) is 6.61 Å². The number of hydrogen-bond acceptors (Lipinski definition) is 4. The number of rotatable bonds is 5. The molecular formula is C13H15N3O4. The van der Waals surface area contributed by atoms with Crippen LogP contribution in [0.2, 0.25) is 0 Å². The smallest absolute Gasteiger partial charge is 0.326 e. The Morgan fingerprint density at radius 2 is 2.10 bits per heavy atom. The van der Waals surface area contributed by atoms with E-state index in [0.717, 1.165) is 5.52 Å². The number of amides is 1. The van der Waals surface area contributed by atoms with Crippen LogP contribution >= 0.6 is 0 Å². The van der Waals surface area contributed by atoms with Crippen molar-refractivity contribution in [2.24, 2.45) is 7.05 Å². The fourth-order valence-electron chi connectivity index (χ4n) is 1.99. The number of aliphatic hydroxyl groups excluding tert-OH is 1. The summed E-state index contributed by atoms with van der Waals surface area (Å²) >= 11 is 0. The number of hydrogen-bond donors (Lipinski definition) is 3. The van der Waals surface area contributed by atoms with Crippen LogP contribution in [0.1, 0.15) is 16.9 Å². The summed E-state index contributed by atoms with van der Waals surface area (Å²) in [6.07, 6.45) is -0.0498. The van der Waals surface area contributed by atoms with E-state index in [0.29, 0.717) is 5.39 Å². The van der Waals surface area contributed by atoms with Gasteiger partial charge in [-0.15, -0.1) is 0 Å². The molecule has 106 valence electrons. The number of para-hydroxylation sites is 1. The maximum absolute atomic E-state index is 12.1. The van der Waals surface area contributed by atoms with Gasteiger partial charge in [-0.2, -0.15) is 5.10 Å². The van der Waals surface area contributed by atoms with E-state index in [1.54, 1.807) is 23.9 Å². The number of aliphatic carboxylic acids is 1. The molecule has 0 unspecified atom stereocenters. The van der Waals surface area contributed by atoms with Crippen molar-refractivity contribution >= 4 is 22.8 Å². The van der Waals surface area contributed by atoms with E-state index in [1.807, 2.05) is 12.1 Å². The number of aromatic nitrogens is 2. The third-order valence-electron chi connectivity index (χ3n) is 2.99. The molecule has 0 bridgehead atoms. The number of carboxylic acid groups (broad SMARTS) is 1. The van der Waals surface area contributed by atoms with Crippen molar-refractivity contribution in [3.05, 3.63) is 30.0 Å². The minimum absolute atomic E-state index is 0.0498. The molecule has 7 heteroatoms. The summed E-state index contributed by atoms with van der Waals surface area (Å²) in [6, 6.07) is 6.05. The van der Waals surface area contributed by atoms with E-state index >= 15 is 0 Å². The minimum Gasteiger partial charge on any atom is -0.480 e. The lowest BCUT2D eigenvalue weighted by Gasteiger charge is -2.12. The van der Waals surface area contributed by atoms with E-state index in [-0.39, 0.29) is 18.7 Å². The van der Waals surface area contributed by atoms with Gasteiger partial charge in [0.25, 0.3) is 5.91 Å². The van der Waals surface area contributed by atoms with Gasteiger partial charge >= 0.3 is 5.97 Å². The van der Waals surface area contributed by atoms with Crippen molar-refractivity contribution in [3.8, 4) is 0 Å². The molecule has 3 N–H and O–H groups in total. The van der Waals surface area contributed by atoms with Crippen LogP contribution in [0.4, 0.5) is 0 Å². The zero-order valence-electron chi connectivity index (χ0n) is 10.9. The van der Waals surface area contributed by atoms with Crippen molar-refractivity contribution in [1.29, 1.82) is 0 Å². The van der Waals surface area contributed by atoms with Gasteiger partial charge in [-0.3, -0.25) is 9.48 Å². The fraction of sp³-hybridized carbons (Fsp3) is 0.308. The maximum atomic E-state index is 12.1. The summed E-state index contributed by atoms with van der Waals surface area (Å²) in [6.45, 7) is -0.319. The Morgan fingerprint density at radius 3 is 2.75 bits per heavy atom. The summed E-state index contributed by atoms with van der Waals surface area (Å²) < 4.78 is 1.56. The number of benzene rings is 1. The first-order valence-electron chi connectivity index (χ1n) is 6.11. The van der Waals surface area contributed by atoms with Crippen molar-refractivity contribution in [1.82, 2.24) is 15.1 Å². The molecule has 1 aromatic heterocycles. The standard InChI is InChI=1S/C13H15N3O4/c1-16-10-5-3-2-4-8(10)11(15-16)12(18)14-9(6-7-17)13(19)20/h2-5,9,17H,6-7H2,1H3,(H,14,18)(H,19,20)/t9-/m1/s1. The Balaban J connectivity index is 2.29. The predicted molar refractivity (Wildman–Crippen MR) is 71.3 cm³/mol. The molecule has 0 saturated heterocycles. The molecule has 0 fully saturated rings. The van der Waals surface area contributed by atoms with E-state index in [2.05, 4.69) is 10.4 Å². The monoisotopic (exact) mass is 277 g/mol. The molecule has 0 aliphatic heterocycles. The average molecular weight is 277 g/mol. The largest absolute Gasteiger partial charge is 0.480 e. The first kappa shape index (κ1) is 14.0. The first-order valence-corrected chi connectivity index (χ1v) is 6.11. The van der Waals surface area contributed by atoms with Crippen LogP contribution in [0.5, 0.6) is 0 Å². The normalized spacial score (nSPS) is 12.3. The number of carbonyl (C=O) groups excluding carboxylic acids is 1. The van der Waals surface area contributed by atoms with Gasteiger partial charge in [0.2, 0.25) is 0 Å². The zero-order valence-corrected chi connectivity index (χ0v) is 10.9. The van der Waals surface area contributed by atoms with Gasteiger partial charge in [0.05, 0.1) is 5.52 Å². The average Bonchev–Trinajstić information content (AvgIpc) is 2.76. The molecule has 1 heterocycles. The number of carbonyl (C=O) groups is 2. The highest BCUT2D eigenvalue weighted by Crippen LogP contribution is 2.17. The van der Waals surface area contributed by atoms with Crippen molar-refractivity contribution in [2.45, 2.75) is 12.5 Å². The van der Waals surface area contributed by atoms with E-state index in [4.69, 9.17) is 10.2 Å². The molecule has 2 rings (SSSR count). The molecule has 7 nitrogen and oxygen atoms in total. The second kappa shape index (κ2) is 5.70. The third-order valence-corrected chi connectivity index (χ3v) is 2.99. The Hall–Kier alpha value is -2.41. The quantitative estimate of drug-likeness (QED) is 0.721. The highest BCUT2D eigenvalue weighted by Gasteiger charge is 2.23. The summed E-state index contributed by atoms with van der Waals surface area (Å²) in [4.78, 5) is 23.1. The van der Waals surface area contributed by atoms with Crippen LogP contribution in [0.25, 0.3) is 10.9 Å². The molecule has 0 radical (unpaired) electrons. The molecule has 0 saturated carbocycles. The Kier molecular flexibility index (Phi) is 3.99. The van der Waals surface area contributed by atoms with Crippen LogP contribution < -0.4 is 5.32 Å². The summed E-state index contributed by atoms with van der Waals surface area (Å²) in [7, 11) is 1.71. The second-order valence-corrected chi connectivity index (χ2v) is 4.37. The van der Waals surface area contributed by atoms with Gasteiger partial charge in [0, 0.05) is 25.5 Å². The number of aryl methyl sites for hydroxylation is 1. The SMILES string of the molecule is Cn1nc(C(=O)N[C@H](CCO)C(=O)O)c2ccccc21. The molecule has 0 aliphatic carbocycles. The van der Waals surface area contributed by atoms with E-state index < -0.39 is 17.9 Å². The van der Waals surface area contributed by atoms with Gasteiger partial charge in [-0.1, -0.05) is 18.2 Å². The van der Waals surface area contributed by atoms with Gasteiger partial charge in [-0.05, 0) is 6.07 Å². The van der Waals surface area contributed by atoms with Crippen LogP contribution in [-0.4, -0.2) is 44.5 Å². The number of fused-ring (bicyclic) bond motifs is 1. The second-order valence-electron chi connectivity index (χ2n) is 4.37. The van der Waals surface area contributed by atoms with Crippen molar-refractivity contribution < 1.29 is 19.8 Å². The molecule has 2 aromatic rings. The third kappa shape index (κ3) is 2.62. The molecule has 20 heavy (non-hydrogen) atoms. The summed E-state index contributed by atoms with van der Waals surface area (Å²) in [5.41, 5.74) is 0.957. The first-order chi connectivity index (χ1) is 9.54. The molecule has 1 aromatic carbocycles. The zero-order chi connectivity index (χ0) is 14.7. The number of carboxylic acids is 1. The van der Waals surface area contributed by atoms with Gasteiger partial charge in [0.15, 0.2) is 5.69 Å². The van der Waals surface area contributed by atoms with Crippen LogP contribution in [0.3, 0.4) is 0 Å². The number of nitrogens with one attached hydrogen (secondary N) is 1. The molecule has 1 amide bonds. The Morgan fingerprint density at radius 1 is 1.40 bits per heavy atom. The van der Waals surface area contributed by atoms with Gasteiger partial charge in [-0.25, -0.2) is 4.79 Å². The molecule has 0 spiro atoms. The highest BCUT2D eigenvalue weighted by atomic mass is 16.4. The molecular weight excluding hydrogens is 262 g/mol.